The molecular formula is C18H30N2. The van der Waals surface area contributed by atoms with Gasteiger partial charge in [-0.3, -0.25) is 0 Å². The maximum atomic E-state index is 6.20. The molecule has 1 atom stereocenters. The highest BCUT2D eigenvalue weighted by Gasteiger charge is 2.32. The quantitative estimate of drug-likeness (QED) is 0.911. The van der Waals surface area contributed by atoms with Gasteiger partial charge >= 0.3 is 0 Å². The first-order chi connectivity index (χ1) is 9.38. The van der Waals surface area contributed by atoms with E-state index < -0.39 is 0 Å². The molecule has 1 unspecified atom stereocenters. The van der Waals surface area contributed by atoms with Crippen molar-refractivity contribution in [2.45, 2.75) is 52.5 Å². The van der Waals surface area contributed by atoms with Crippen molar-refractivity contribution >= 4 is 0 Å². The Bertz CT molecular complexity index is 420. The highest BCUT2D eigenvalue weighted by Crippen LogP contribution is 2.27. The summed E-state index contributed by atoms with van der Waals surface area (Å²) in [5, 5.41) is 0. The van der Waals surface area contributed by atoms with Gasteiger partial charge in [0, 0.05) is 19.1 Å². The molecule has 0 aliphatic carbocycles. The molecule has 1 aromatic rings. The first-order valence-corrected chi connectivity index (χ1v) is 7.95. The first-order valence-electron chi connectivity index (χ1n) is 7.95. The second-order valence-corrected chi connectivity index (χ2v) is 7.31. The Hall–Kier alpha value is -0.860. The molecule has 2 nitrogen and oxygen atoms in total. The minimum Gasteiger partial charge on any atom is -0.327 e. The van der Waals surface area contributed by atoms with Gasteiger partial charge in [-0.25, -0.2) is 0 Å². The summed E-state index contributed by atoms with van der Waals surface area (Å²) in [4.78, 5) is 2.57. The topological polar surface area (TPSA) is 29.3 Å². The molecule has 1 aromatic carbocycles. The number of benzene rings is 1. The summed E-state index contributed by atoms with van der Waals surface area (Å²) >= 11 is 0. The molecule has 1 saturated heterocycles. The zero-order valence-corrected chi connectivity index (χ0v) is 13.5. The van der Waals surface area contributed by atoms with E-state index in [1.807, 2.05) is 0 Å². The van der Waals surface area contributed by atoms with Crippen LogP contribution in [0.5, 0.6) is 0 Å². The van der Waals surface area contributed by atoms with Crippen LogP contribution in [-0.2, 0) is 6.42 Å². The SMILES string of the molecule is CC(C)c1ccc(CCN2CCC(N)C(C)(C)C2)cc1. The van der Waals surface area contributed by atoms with Crippen LogP contribution in [0.3, 0.4) is 0 Å². The Morgan fingerprint density at radius 1 is 1.25 bits per heavy atom. The highest BCUT2D eigenvalue weighted by molar-refractivity contribution is 5.24. The first kappa shape index (κ1) is 15.5. The fourth-order valence-corrected chi connectivity index (χ4v) is 3.03. The Labute approximate surface area is 124 Å². The molecule has 1 fully saturated rings. The predicted molar refractivity (Wildman–Crippen MR) is 87.0 cm³/mol. The van der Waals surface area contributed by atoms with Gasteiger partial charge in [0.2, 0.25) is 0 Å². The maximum Gasteiger partial charge on any atom is 0.0115 e. The normalized spacial score (nSPS) is 23.2. The minimum atomic E-state index is 0.250. The number of nitrogens with zero attached hydrogens (tertiary/aromatic N) is 1. The minimum absolute atomic E-state index is 0.250. The van der Waals surface area contributed by atoms with Crippen LogP contribution in [0.2, 0.25) is 0 Å². The van der Waals surface area contributed by atoms with Crippen LogP contribution >= 0.6 is 0 Å². The molecule has 0 saturated carbocycles. The second kappa shape index (κ2) is 6.28. The number of rotatable bonds is 4. The van der Waals surface area contributed by atoms with E-state index in [-0.39, 0.29) is 5.41 Å². The van der Waals surface area contributed by atoms with Gasteiger partial charge in [-0.2, -0.15) is 0 Å². The van der Waals surface area contributed by atoms with Crippen molar-refractivity contribution in [3.63, 3.8) is 0 Å². The third kappa shape index (κ3) is 3.83. The third-order valence-corrected chi connectivity index (χ3v) is 4.75. The van der Waals surface area contributed by atoms with E-state index in [0.29, 0.717) is 12.0 Å². The smallest absolute Gasteiger partial charge is 0.0115 e. The van der Waals surface area contributed by atoms with Gasteiger partial charge in [-0.05, 0) is 41.8 Å². The molecule has 0 radical (unpaired) electrons. The fraction of sp³-hybridized carbons (Fsp3) is 0.667. The molecule has 2 rings (SSSR count). The molecule has 1 aliphatic heterocycles. The molecule has 0 amide bonds. The Balaban J connectivity index is 1.86. The standard InChI is InChI=1S/C18H30N2/c1-14(2)16-7-5-15(6-8-16)9-11-20-12-10-17(19)18(3,4)13-20/h5-8,14,17H,9-13,19H2,1-4H3. The Morgan fingerprint density at radius 2 is 1.90 bits per heavy atom. The predicted octanol–water partition coefficient (Wildman–Crippen LogP) is 3.41. The molecule has 2 N–H and O–H groups in total. The molecule has 1 heterocycles. The van der Waals surface area contributed by atoms with Crippen molar-refractivity contribution in [2.24, 2.45) is 11.1 Å². The maximum absolute atomic E-state index is 6.20. The third-order valence-electron chi connectivity index (χ3n) is 4.75. The number of nitrogens with two attached hydrogens (primary N) is 1. The van der Waals surface area contributed by atoms with Crippen molar-refractivity contribution in [1.29, 1.82) is 0 Å². The molecular weight excluding hydrogens is 244 g/mol. The lowest BCUT2D eigenvalue weighted by Gasteiger charge is -2.42. The van der Waals surface area contributed by atoms with Gasteiger partial charge in [-0.1, -0.05) is 52.0 Å². The van der Waals surface area contributed by atoms with Crippen molar-refractivity contribution in [3.05, 3.63) is 35.4 Å². The fourth-order valence-electron chi connectivity index (χ4n) is 3.03. The highest BCUT2D eigenvalue weighted by atomic mass is 15.1. The summed E-state index contributed by atoms with van der Waals surface area (Å²) in [6.07, 6.45) is 2.27. The van der Waals surface area contributed by atoms with Crippen LogP contribution in [0.1, 0.15) is 51.2 Å². The van der Waals surface area contributed by atoms with Crippen molar-refractivity contribution in [3.8, 4) is 0 Å². The number of piperidine rings is 1. The molecule has 0 aromatic heterocycles. The van der Waals surface area contributed by atoms with Crippen LogP contribution in [0.25, 0.3) is 0 Å². The largest absolute Gasteiger partial charge is 0.327 e. The van der Waals surface area contributed by atoms with Crippen molar-refractivity contribution < 1.29 is 0 Å². The summed E-state index contributed by atoms with van der Waals surface area (Å²) in [6.45, 7) is 12.5. The lowest BCUT2D eigenvalue weighted by Crippen LogP contribution is -2.52. The Kier molecular flexibility index (Phi) is 4.87. The lowest BCUT2D eigenvalue weighted by atomic mass is 9.79. The van der Waals surface area contributed by atoms with Crippen LogP contribution in [0, 0.1) is 5.41 Å². The van der Waals surface area contributed by atoms with E-state index in [4.69, 9.17) is 5.73 Å². The summed E-state index contributed by atoms with van der Waals surface area (Å²) in [5.41, 5.74) is 9.33. The van der Waals surface area contributed by atoms with Gasteiger partial charge in [0.1, 0.15) is 0 Å². The molecule has 112 valence electrons. The number of likely N-dealkylation sites (tertiary alicyclic amines) is 1. The summed E-state index contributed by atoms with van der Waals surface area (Å²) in [5.74, 6) is 0.619. The van der Waals surface area contributed by atoms with Gasteiger partial charge < -0.3 is 10.6 Å². The van der Waals surface area contributed by atoms with Crippen LogP contribution < -0.4 is 5.73 Å². The Morgan fingerprint density at radius 3 is 2.45 bits per heavy atom. The summed E-state index contributed by atoms with van der Waals surface area (Å²) in [7, 11) is 0. The average Bonchev–Trinajstić information content (AvgIpc) is 2.40. The summed E-state index contributed by atoms with van der Waals surface area (Å²) < 4.78 is 0. The molecule has 20 heavy (non-hydrogen) atoms. The van der Waals surface area contributed by atoms with E-state index in [9.17, 15) is 0 Å². The van der Waals surface area contributed by atoms with Gasteiger partial charge in [0.25, 0.3) is 0 Å². The second-order valence-electron chi connectivity index (χ2n) is 7.31. The van der Waals surface area contributed by atoms with Gasteiger partial charge in [-0.15, -0.1) is 0 Å². The lowest BCUT2D eigenvalue weighted by molar-refractivity contribution is 0.0965. The van der Waals surface area contributed by atoms with E-state index >= 15 is 0 Å². The van der Waals surface area contributed by atoms with E-state index in [0.717, 1.165) is 32.5 Å². The monoisotopic (exact) mass is 274 g/mol. The van der Waals surface area contributed by atoms with E-state index in [2.05, 4.69) is 56.9 Å². The van der Waals surface area contributed by atoms with Crippen LogP contribution in [0.4, 0.5) is 0 Å². The van der Waals surface area contributed by atoms with E-state index in [1.54, 1.807) is 0 Å². The number of hydrogen-bond donors (Lipinski definition) is 1. The van der Waals surface area contributed by atoms with Crippen LogP contribution in [-0.4, -0.2) is 30.6 Å². The summed E-state index contributed by atoms with van der Waals surface area (Å²) in [6, 6.07) is 9.47. The van der Waals surface area contributed by atoms with Gasteiger partial charge in [0.05, 0.1) is 0 Å². The molecule has 0 spiro atoms. The average molecular weight is 274 g/mol. The van der Waals surface area contributed by atoms with Gasteiger partial charge in [0.15, 0.2) is 0 Å². The van der Waals surface area contributed by atoms with Crippen molar-refractivity contribution in [2.75, 3.05) is 19.6 Å². The zero-order chi connectivity index (χ0) is 14.8. The van der Waals surface area contributed by atoms with Crippen LogP contribution in [0.15, 0.2) is 24.3 Å². The molecule has 1 aliphatic rings. The molecule has 0 bridgehead atoms. The van der Waals surface area contributed by atoms with E-state index in [1.165, 1.54) is 11.1 Å². The molecule has 2 heteroatoms. The van der Waals surface area contributed by atoms with Crippen molar-refractivity contribution in [1.82, 2.24) is 4.90 Å². The number of hydrogen-bond acceptors (Lipinski definition) is 2. The zero-order valence-electron chi connectivity index (χ0n) is 13.5.